The zero-order chi connectivity index (χ0) is 30.6. The molecule has 2 atom stereocenters. The lowest BCUT2D eigenvalue weighted by Crippen LogP contribution is -2.49. The van der Waals surface area contributed by atoms with E-state index < -0.39 is 6.04 Å². The van der Waals surface area contributed by atoms with Crippen LogP contribution in [0.1, 0.15) is 111 Å². The Balaban J connectivity index is 1.38. The first-order valence-electron chi connectivity index (χ1n) is 16.8. The molecule has 44 heavy (non-hydrogen) atoms. The lowest BCUT2D eigenvalue weighted by atomic mass is 9.92. The van der Waals surface area contributed by atoms with E-state index >= 15 is 0 Å². The van der Waals surface area contributed by atoms with Gasteiger partial charge in [0, 0.05) is 35.1 Å². The van der Waals surface area contributed by atoms with E-state index in [0.29, 0.717) is 5.56 Å². The fourth-order valence-electron chi connectivity index (χ4n) is 7.55. The Kier molecular flexibility index (Phi) is 9.20. The van der Waals surface area contributed by atoms with Crippen molar-refractivity contribution in [3.8, 4) is 11.3 Å². The molecule has 1 aliphatic carbocycles. The van der Waals surface area contributed by atoms with E-state index in [1.807, 2.05) is 30.0 Å². The smallest absolute Gasteiger partial charge is 0.255 e. The Labute approximate surface area is 262 Å². The Morgan fingerprint density at radius 2 is 1.39 bits per heavy atom. The number of para-hydroxylation sites is 1. The second kappa shape index (κ2) is 13.4. The molecule has 230 valence electrons. The second-order valence-electron chi connectivity index (χ2n) is 13.0. The summed E-state index contributed by atoms with van der Waals surface area (Å²) in [5.74, 6) is -0.125. The van der Waals surface area contributed by atoms with E-state index in [1.54, 1.807) is 0 Å². The normalized spacial score (nSPS) is 19.3. The third-order valence-electron chi connectivity index (χ3n) is 9.99. The number of amides is 2. The Morgan fingerprint density at radius 1 is 0.795 bits per heavy atom. The van der Waals surface area contributed by atoms with Gasteiger partial charge in [-0.15, -0.1) is 0 Å². The van der Waals surface area contributed by atoms with E-state index in [0.717, 1.165) is 59.0 Å². The summed E-state index contributed by atoms with van der Waals surface area (Å²) < 4.78 is 2.24. The van der Waals surface area contributed by atoms with Crippen molar-refractivity contribution in [3.05, 3.63) is 95.1 Å². The Morgan fingerprint density at radius 3 is 2.07 bits per heavy atom. The van der Waals surface area contributed by atoms with Crippen LogP contribution in [-0.2, 0) is 11.8 Å². The van der Waals surface area contributed by atoms with Crippen molar-refractivity contribution in [2.24, 2.45) is 7.05 Å². The molecule has 1 aliphatic heterocycles. The highest BCUT2D eigenvalue weighted by Crippen LogP contribution is 2.47. The van der Waals surface area contributed by atoms with Crippen LogP contribution in [0.2, 0.25) is 0 Å². The minimum absolute atomic E-state index is 0.0506. The van der Waals surface area contributed by atoms with Gasteiger partial charge in [-0.1, -0.05) is 124 Å². The fourth-order valence-corrected chi connectivity index (χ4v) is 7.55. The van der Waals surface area contributed by atoms with Gasteiger partial charge in [0.1, 0.15) is 6.04 Å². The molecule has 5 heteroatoms. The van der Waals surface area contributed by atoms with Crippen molar-refractivity contribution in [3.63, 3.8) is 0 Å². The van der Waals surface area contributed by atoms with E-state index in [1.165, 1.54) is 50.5 Å². The standard InChI is InChI=1S/C39H47N3O2/c1-27-23-25-29(26-24-27)36-35(33-21-15-16-22-34(33)41(36)3)37-31-19-13-14-20-32(31)39(44)42(37)28(2)38(43)40-30-17-11-9-7-5-4-6-8-10-12-18-30/h13-16,19-26,28,30,37H,4-12,17-18H2,1-3H3,(H,40,43). The third kappa shape index (κ3) is 5.94. The largest absolute Gasteiger partial charge is 0.352 e. The highest BCUT2D eigenvalue weighted by Gasteiger charge is 2.44. The Bertz CT molecular complexity index is 1610. The molecule has 2 aliphatic rings. The number of rotatable bonds is 5. The molecular formula is C39H47N3O2. The molecular weight excluding hydrogens is 542 g/mol. The lowest BCUT2D eigenvalue weighted by molar-refractivity contribution is -0.126. The predicted molar refractivity (Wildman–Crippen MR) is 180 cm³/mol. The number of hydrogen-bond acceptors (Lipinski definition) is 2. The molecule has 0 radical (unpaired) electrons. The van der Waals surface area contributed by atoms with Gasteiger partial charge in [0.2, 0.25) is 5.91 Å². The van der Waals surface area contributed by atoms with Crippen molar-refractivity contribution < 1.29 is 9.59 Å². The maximum atomic E-state index is 14.2. The van der Waals surface area contributed by atoms with Crippen LogP contribution < -0.4 is 5.32 Å². The molecule has 5 nitrogen and oxygen atoms in total. The summed E-state index contributed by atoms with van der Waals surface area (Å²) >= 11 is 0. The number of carbonyl (C=O) groups excluding carboxylic acids is 2. The van der Waals surface area contributed by atoms with Gasteiger partial charge in [-0.2, -0.15) is 0 Å². The molecule has 1 fully saturated rings. The van der Waals surface area contributed by atoms with Gasteiger partial charge in [-0.3, -0.25) is 9.59 Å². The van der Waals surface area contributed by atoms with Crippen molar-refractivity contribution in [1.82, 2.24) is 14.8 Å². The number of nitrogens with zero attached hydrogens (tertiary/aromatic N) is 2. The van der Waals surface area contributed by atoms with Gasteiger partial charge < -0.3 is 14.8 Å². The summed E-state index contributed by atoms with van der Waals surface area (Å²) in [6.45, 7) is 4.01. The van der Waals surface area contributed by atoms with Crippen molar-refractivity contribution in [2.45, 2.75) is 103 Å². The van der Waals surface area contributed by atoms with Crippen molar-refractivity contribution in [1.29, 1.82) is 0 Å². The second-order valence-corrected chi connectivity index (χ2v) is 13.0. The van der Waals surface area contributed by atoms with Crippen molar-refractivity contribution >= 4 is 22.7 Å². The fraction of sp³-hybridized carbons (Fsp3) is 0.436. The summed E-state index contributed by atoms with van der Waals surface area (Å²) in [6.07, 6.45) is 13.3. The van der Waals surface area contributed by atoms with E-state index in [9.17, 15) is 9.59 Å². The molecule has 1 N–H and O–H groups in total. The van der Waals surface area contributed by atoms with E-state index in [2.05, 4.69) is 78.5 Å². The van der Waals surface area contributed by atoms with Gasteiger partial charge in [-0.05, 0) is 49.9 Å². The van der Waals surface area contributed by atoms with Crippen LogP contribution in [0, 0.1) is 6.92 Å². The lowest BCUT2D eigenvalue weighted by Gasteiger charge is -2.32. The minimum atomic E-state index is -0.619. The average molecular weight is 590 g/mol. The molecule has 6 rings (SSSR count). The molecule has 0 spiro atoms. The maximum Gasteiger partial charge on any atom is 0.255 e. The van der Waals surface area contributed by atoms with E-state index in [-0.39, 0.29) is 23.9 Å². The van der Waals surface area contributed by atoms with Crippen LogP contribution in [0.25, 0.3) is 22.2 Å². The molecule has 1 saturated carbocycles. The van der Waals surface area contributed by atoms with Crippen LogP contribution in [0.3, 0.4) is 0 Å². The highest BCUT2D eigenvalue weighted by atomic mass is 16.2. The number of benzene rings is 3. The summed E-state index contributed by atoms with van der Waals surface area (Å²) in [7, 11) is 2.10. The monoisotopic (exact) mass is 589 g/mol. The summed E-state index contributed by atoms with van der Waals surface area (Å²) in [4.78, 5) is 30.2. The molecule has 1 aromatic heterocycles. The van der Waals surface area contributed by atoms with Gasteiger partial charge in [-0.25, -0.2) is 0 Å². The number of aromatic nitrogens is 1. The molecule has 0 bridgehead atoms. The molecule has 2 amide bonds. The number of fused-ring (bicyclic) bond motifs is 2. The van der Waals surface area contributed by atoms with Crippen LogP contribution in [0.4, 0.5) is 0 Å². The molecule has 2 heterocycles. The first kappa shape index (κ1) is 30.2. The first-order chi connectivity index (χ1) is 21.5. The van der Waals surface area contributed by atoms with Crippen LogP contribution >= 0.6 is 0 Å². The predicted octanol–water partition coefficient (Wildman–Crippen LogP) is 8.88. The summed E-state index contributed by atoms with van der Waals surface area (Å²) in [5, 5.41) is 4.53. The maximum absolute atomic E-state index is 14.2. The quantitative estimate of drug-likeness (QED) is 0.253. The third-order valence-corrected chi connectivity index (χ3v) is 9.99. The highest BCUT2D eigenvalue weighted by molar-refractivity contribution is 6.04. The molecule has 2 unspecified atom stereocenters. The zero-order valence-electron chi connectivity index (χ0n) is 26.6. The summed E-state index contributed by atoms with van der Waals surface area (Å²) in [6, 6.07) is 24.1. The number of aryl methyl sites for hydroxylation is 2. The van der Waals surface area contributed by atoms with Crippen LogP contribution in [-0.4, -0.2) is 33.4 Å². The van der Waals surface area contributed by atoms with E-state index in [4.69, 9.17) is 0 Å². The van der Waals surface area contributed by atoms with Gasteiger partial charge in [0.05, 0.1) is 11.7 Å². The van der Waals surface area contributed by atoms with Crippen molar-refractivity contribution in [2.75, 3.05) is 0 Å². The molecule has 4 aromatic rings. The van der Waals surface area contributed by atoms with Gasteiger partial charge in [0.15, 0.2) is 0 Å². The van der Waals surface area contributed by atoms with Gasteiger partial charge >= 0.3 is 0 Å². The number of nitrogens with one attached hydrogen (secondary N) is 1. The van der Waals surface area contributed by atoms with Gasteiger partial charge in [0.25, 0.3) is 5.91 Å². The topological polar surface area (TPSA) is 54.3 Å². The summed E-state index contributed by atoms with van der Waals surface area (Å²) in [5.41, 5.74) is 7.23. The molecule has 0 saturated heterocycles. The first-order valence-corrected chi connectivity index (χ1v) is 16.8. The van der Waals surface area contributed by atoms with Crippen LogP contribution in [0.5, 0.6) is 0 Å². The average Bonchev–Trinajstić information content (AvgIpc) is 3.49. The Hall–Kier alpha value is -3.86. The SMILES string of the molecule is Cc1ccc(-c2c(C3c4ccccc4C(=O)N3C(C)C(=O)NC3CCCCCCCCCCC3)c3ccccc3n2C)cc1. The minimum Gasteiger partial charge on any atom is -0.352 e. The zero-order valence-corrected chi connectivity index (χ0v) is 26.6. The number of carbonyl (C=O) groups is 2. The molecule has 3 aromatic carbocycles. The number of hydrogen-bond donors (Lipinski definition) is 1. The van der Waals surface area contributed by atoms with Crippen LogP contribution in [0.15, 0.2) is 72.8 Å².